The van der Waals surface area contributed by atoms with E-state index in [9.17, 15) is 9.50 Å². The van der Waals surface area contributed by atoms with Gasteiger partial charge < -0.3 is 10.8 Å². The van der Waals surface area contributed by atoms with Crippen LogP contribution in [-0.4, -0.2) is 15.7 Å². The average Bonchev–Trinajstić information content (AvgIpc) is 2.35. The van der Waals surface area contributed by atoms with Gasteiger partial charge in [-0.1, -0.05) is 12.1 Å². The number of aliphatic hydroxyl groups is 1. The summed E-state index contributed by atoms with van der Waals surface area (Å²) in [6.07, 6.45) is 4.12. The first-order valence-electron chi connectivity index (χ1n) is 6.11. The maximum atomic E-state index is 12.8. The minimum absolute atomic E-state index is 0.278. The molecule has 1 aromatic heterocycles. The fourth-order valence-corrected chi connectivity index (χ4v) is 2.10. The zero-order valence-electron chi connectivity index (χ0n) is 10.8. The van der Waals surface area contributed by atoms with Gasteiger partial charge in [-0.3, -0.25) is 4.98 Å². The molecule has 4 heteroatoms. The van der Waals surface area contributed by atoms with Gasteiger partial charge >= 0.3 is 0 Å². The second-order valence-corrected chi connectivity index (χ2v) is 5.05. The monoisotopic (exact) mass is 260 g/mol. The Balaban J connectivity index is 2.10. The van der Waals surface area contributed by atoms with E-state index >= 15 is 0 Å². The van der Waals surface area contributed by atoms with Gasteiger partial charge in [0.1, 0.15) is 5.82 Å². The van der Waals surface area contributed by atoms with Crippen molar-refractivity contribution in [1.29, 1.82) is 0 Å². The molecule has 0 saturated heterocycles. The summed E-state index contributed by atoms with van der Waals surface area (Å²) in [4.78, 5) is 4.01. The molecule has 2 aromatic rings. The number of aromatic nitrogens is 1. The second kappa shape index (κ2) is 5.36. The van der Waals surface area contributed by atoms with Crippen LogP contribution in [0.1, 0.15) is 18.1 Å². The third-order valence-electron chi connectivity index (χ3n) is 3.01. The normalized spacial score (nSPS) is 14.1. The fourth-order valence-electron chi connectivity index (χ4n) is 2.10. The lowest BCUT2D eigenvalue weighted by Gasteiger charge is -2.24. The zero-order valence-corrected chi connectivity index (χ0v) is 10.8. The van der Waals surface area contributed by atoms with E-state index in [1.807, 2.05) is 0 Å². The summed E-state index contributed by atoms with van der Waals surface area (Å²) in [7, 11) is 0. The first-order valence-corrected chi connectivity index (χ1v) is 6.11. The van der Waals surface area contributed by atoms with Gasteiger partial charge in [-0.2, -0.15) is 0 Å². The number of pyridine rings is 1. The first kappa shape index (κ1) is 13.5. The first-order chi connectivity index (χ1) is 8.96. The predicted octanol–water partition coefficient (Wildman–Crippen LogP) is 2.34. The van der Waals surface area contributed by atoms with Crippen LogP contribution in [0.2, 0.25) is 0 Å². The standard InChI is InChI=1S/C15H17FN2O/c1-15(19,8-11-2-4-13(16)5-3-11)9-12-10-18-7-6-14(12)17/h2-7,10,19H,8-9H2,1H3,(H2,17,18). The minimum atomic E-state index is -0.949. The van der Waals surface area contributed by atoms with Crippen LogP contribution < -0.4 is 5.73 Å². The third-order valence-corrected chi connectivity index (χ3v) is 3.01. The Morgan fingerprint density at radius 3 is 2.53 bits per heavy atom. The number of hydrogen-bond donors (Lipinski definition) is 2. The number of nitrogens with two attached hydrogens (primary N) is 1. The Kier molecular flexibility index (Phi) is 3.81. The van der Waals surface area contributed by atoms with Gasteiger partial charge in [-0.25, -0.2) is 4.39 Å². The van der Waals surface area contributed by atoms with Gasteiger partial charge in [0.15, 0.2) is 0 Å². The van der Waals surface area contributed by atoms with Gasteiger partial charge in [-0.05, 0) is 36.2 Å². The van der Waals surface area contributed by atoms with Crippen LogP contribution in [0.4, 0.5) is 10.1 Å². The predicted molar refractivity (Wildman–Crippen MR) is 73.1 cm³/mol. The van der Waals surface area contributed by atoms with Crippen molar-refractivity contribution in [3.8, 4) is 0 Å². The number of nitrogens with zero attached hydrogens (tertiary/aromatic N) is 1. The number of benzene rings is 1. The van der Waals surface area contributed by atoms with E-state index in [1.165, 1.54) is 12.1 Å². The van der Waals surface area contributed by atoms with Crippen molar-refractivity contribution in [2.45, 2.75) is 25.4 Å². The number of nitrogen functional groups attached to an aromatic ring is 1. The van der Waals surface area contributed by atoms with Crippen LogP contribution in [0.3, 0.4) is 0 Å². The van der Waals surface area contributed by atoms with Gasteiger partial charge in [0.2, 0.25) is 0 Å². The third kappa shape index (κ3) is 3.76. The summed E-state index contributed by atoms with van der Waals surface area (Å²) in [5.41, 5.74) is 7.21. The SMILES string of the molecule is CC(O)(Cc1ccc(F)cc1)Cc1cnccc1N. The van der Waals surface area contributed by atoms with E-state index in [0.29, 0.717) is 18.5 Å². The van der Waals surface area contributed by atoms with Gasteiger partial charge in [0.25, 0.3) is 0 Å². The molecule has 1 atom stereocenters. The van der Waals surface area contributed by atoms with Crippen molar-refractivity contribution < 1.29 is 9.50 Å². The number of hydrogen-bond acceptors (Lipinski definition) is 3. The minimum Gasteiger partial charge on any atom is -0.398 e. The van der Waals surface area contributed by atoms with E-state index in [1.54, 1.807) is 37.5 Å². The molecule has 1 aromatic carbocycles. The Morgan fingerprint density at radius 1 is 1.21 bits per heavy atom. The smallest absolute Gasteiger partial charge is 0.123 e. The van der Waals surface area contributed by atoms with Crippen molar-refractivity contribution >= 4 is 5.69 Å². The van der Waals surface area contributed by atoms with Gasteiger partial charge in [0, 0.05) is 30.9 Å². The maximum Gasteiger partial charge on any atom is 0.123 e. The molecule has 3 N–H and O–H groups in total. The molecule has 0 radical (unpaired) electrons. The fraction of sp³-hybridized carbons (Fsp3) is 0.267. The average molecular weight is 260 g/mol. The van der Waals surface area contributed by atoms with Crippen LogP contribution in [-0.2, 0) is 12.8 Å². The molecule has 0 spiro atoms. The maximum absolute atomic E-state index is 12.8. The van der Waals surface area contributed by atoms with Crippen LogP contribution in [0.5, 0.6) is 0 Å². The summed E-state index contributed by atoms with van der Waals surface area (Å²) < 4.78 is 12.8. The Hall–Kier alpha value is -1.94. The van der Waals surface area contributed by atoms with Gasteiger partial charge in [0.05, 0.1) is 5.60 Å². The van der Waals surface area contributed by atoms with Crippen LogP contribution >= 0.6 is 0 Å². The summed E-state index contributed by atoms with van der Waals surface area (Å²) >= 11 is 0. The molecule has 1 heterocycles. The molecule has 0 amide bonds. The molecule has 0 bridgehead atoms. The van der Waals surface area contributed by atoms with Crippen molar-refractivity contribution in [1.82, 2.24) is 4.98 Å². The zero-order chi connectivity index (χ0) is 13.9. The molecular weight excluding hydrogens is 243 g/mol. The molecule has 0 fully saturated rings. The molecule has 0 aliphatic heterocycles. The highest BCUT2D eigenvalue weighted by Crippen LogP contribution is 2.21. The molecule has 100 valence electrons. The van der Waals surface area contributed by atoms with Crippen LogP contribution in [0.15, 0.2) is 42.7 Å². The van der Waals surface area contributed by atoms with E-state index in [4.69, 9.17) is 5.73 Å². The molecule has 19 heavy (non-hydrogen) atoms. The number of rotatable bonds is 4. The van der Waals surface area contributed by atoms with Crippen molar-refractivity contribution in [2.24, 2.45) is 0 Å². The quantitative estimate of drug-likeness (QED) is 0.887. The Morgan fingerprint density at radius 2 is 1.89 bits per heavy atom. The number of anilines is 1. The number of halogens is 1. The van der Waals surface area contributed by atoms with Crippen molar-refractivity contribution in [2.75, 3.05) is 5.73 Å². The molecule has 3 nitrogen and oxygen atoms in total. The Bertz CT molecular complexity index is 552. The van der Waals surface area contributed by atoms with E-state index < -0.39 is 5.60 Å². The second-order valence-electron chi connectivity index (χ2n) is 5.05. The van der Waals surface area contributed by atoms with E-state index in [0.717, 1.165) is 11.1 Å². The lowest BCUT2D eigenvalue weighted by Crippen LogP contribution is -2.30. The summed E-state index contributed by atoms with van der Waals surface area (Å²) in [6.45, 7) is 1.74. The molecular formula is C15H17FN2O. The van der Waals surface area contributed by atoms with Gasteiger partial charge in [-0.15, -0.1) is 0 Å². The highest BCUT2D eigenvalue weighted by Gasteiger charge is 2.22. The van der Waals surface area contributed by atoms with Crippen LogP contribution in [0, 0.1) is 5.82 Å². The molecule has 0 aliphatic carbocycles. The topological polar surface area (TPSA) is 59.1 Å². The lowest BCUT2D eigenvalue weighted by atomic mass is 9.90. The molecule has 0 aliphatic rings. The van der Waals surface area contributed by atoms with Crippen molar-refractivity contribution in [3.63, 3.8) is 0 Å². The highest BCUT2D eigenvalue weighted by atomic mass is 19.1. The molecule has 0 saturated carbocycles. The van der Waals surface area contributed by atoms with E-state index in [-0.39, 0.29) is 5.82 Å². The molecule has 1 unspecified atom stereocenters. The Labute approximate surface area is 111 Å². The van der Waals surface area contributed by atoms with Crippen LogP contribution in [0.25, 0.3) is 0 Å². The lowest BCUT2D eigenvalue weighted by molar-refractivity contribution is 0.0609. The summed E-state index contributed by atoms with van der Waals surface area (Å²) in [5, 5.41) is 10.4. The molecule has 2 rings (SSSR count). The summed E-state index contributed by atoms with van der Waals surface area (Å²) in [5.74, 6) is -0.278. The highest BCUT2D eigenvalue weighted by molar-refractivity contribution is 5.45. The van der Waals surface area contributed by atoms with E-state index in [2.05, 4.69) is 4.98 Å². The summed E-state index contributed by atoms with van der Waals surface area (Å²) in [6, 6.07) is 7.85. The van der Waals surface area contributed by atoms with Crippen molar-refractivity contribution in [3.05, 3.63) is 59.7 Å². The largest absolute Gasteiger partial charge is 0.398 e.